The van der Waals surface area contributed by atoms with Gasteiger partial charge in [0.05, 0.1) is 17.1 Å². The Labute approximate surface area is 124 Å². The molecule has 0 saturated heterocycles. The molecule has 0 aliphatic heterocycles. The molecule has 1 N–H and O–H groups in total. The largest absolute Gasteiger partial charge is 0.321 e. The third-order valence-electron chi connectivity index (χ3n) is 2.95. The van der Waals surface area contributed by atoms with Crippen molar-refractivity contribution in [3.8, 4) is 5.69 Å². The zero-order valence-corrected chi connectivity index (χ0v) is 12.5. The summed E-state index contributed by atoms with van der Waals surface area (Å²) in [5.74, 6) is -0.165. The number of benzene rings is 1. The predicted molar refractivity (Wildman–Crippen MR) is 85.6 cm³/mol. The quantitative estimate of drug-likeness (QED) is 0.688. The summed E-state index contributed by atoms with van der Waals surface area (Å²) in [5.41, 5.74) is 3.56. The fourth-order valence-electron chi connectivity index (χ4n) is 2.07. The Morgan fingerprint density at radius 3 is 2.67 bits per heavy atom. The summed E-state index contributed by atoms with van der Waals surface area (Å²) in [6.07, 6.45) is 6.89. The summed E-state index contributed by atoms with van der Waals surface area (Å²) >= 11 is 0. The Morgan fingerprint density at radius 2 is 2.00 bits per heavy atom. The van der Waals surface area contributed by atoms with Crippen LogP contribution < -0.4 is 5.32 Å². The van der Waals surface area contributed by atoms with Crippen molar-refractivity contribution in [1.82, 2.24) is 9.78 Å². The van der Waals surface area contributed by atoms with Crippen LogP contribution in [0.2, 0.25) is 0 Å². The number of nitrogens with one attached hydrogen (secondary N) is 1. The van der Waals surface area contributed by atoms with Crippen molar-refractivity contribution in [1.29, 1.82) is 0 Å². The number of rotatable bonds is 4. The Bertz CT molecular complexity index is 696. The van der Waals surface area contributed by atoms with Gasteiger partial charge in [-0.15, -0.1) is 0 Å². The van der Waals surface area contributed by atoms with Gasteiger partial charge >= 0.3 is 0 Å². The zero-order chi connectivity index (χ0) is 15.2. The molecule has 0 unspecified atom stereocenters. The monoisotopic (exact) mass is 281 g/mol. The minimum Gasteiger partial charge on any atom is -0.321 e. The highest BCUT2D eigenvalue weighted by Gasteiger charge is 2.09. The van der Waals surface area contributed by atoms with Gasteiger partial charge in [-0.1, -0.05) is 30.4 Å². The number of amides is 1. The van der Waals surface area contributed by atoms with E-state index in [2.05, 4.69) is 10.4 Å². The number of aryl methyl sites for hydroxylation is 2. The Morgan fingerprint density at radius 1 is 1.24 bits per heavy atom. The molecule has 0 atom stereocenters. The number of anilines is 1. The fourth-order valence-corrected chi connectivity index (χ4v) is 2.07. The molecular formula is C17H19N3O. The lowest BCUT2D eigenvalue weighted by Crippen LogP contribution is -2.11. The maximum Gasteiger partial charge on any atom is 0.248 e. The molecule has 2 aromatic rings. The second-order valence-corrected chi connectivity index (χ2v) is 4.73. The molecule has 0 fully saturated rings. The lowest BCUT2D eigenvalue weighted by Gasteiger charge is -2.11. The van der Waals surface area contributed by atoms with E-state index in [9.17, 15) is 4.79 Å². The molecule has 1 aromatic carbocycles. The molecule has 0 bridgehead atoms. The summed E-state index contributed by atoms with van der Waals surface area (Å²) in [6.45, 7) is 5.84. The highest BCUT2D eigenvalue weighted by atomic mass is 16.1. The van der Waals surface area contributed by atoms with E-state index in [4.69, 9.17) is 0 Å². The SMILES string of the molecule is C/C=C/C=C/C(=O)Nc1ccccc1-n1nc(C)cc1C. The van der Waals surface area contributed by atoms with E-state index in [0.717, 1.165) is 22.8 Å². The van der Waals surface area contributed by atoms with Crippen LogP contribution >= 0.6 is 0 Å². The van der Waals surface area contributed by atoms with Gasteiger partial charge in [0, 0.05) is 11.8 Å². The van der Waals surface area contributed by atoms with Crippen molar-refractivity contribution in [3.05, 3.63) is 66.0 Å². The van der Waals surface area contributed by atoms with Crippen molar-refractivity contribution < 1.29 is 4.79 Å². The van der Waals surface area contributed by atoms with Crippen molar-refractivity contribution in [2.24, 2.45) is 0 Å². The Kier molecular flexibility index (Phi) is 4.72. The average Bonchev–Trinajstić information content (AvgIpc) is 2.78. The van der Waals surface area contributed by atoms with E-state index < -0.39 is 0 Å². The van der Waals surface area contributed by atoms with Crippen molar-refractivity contribution in [3.63, 3.8) is 0 Å². The topological polar surface area (TPSA) is 46.9 Å². The molecule has 0 spiro atoms. The highest BCUT2D eigenvalue weighted by Crippen LogP contribution is 2.21. The number of nitrogens with zero attached hydrogens (tertiary/aromatic N) is 2. The molecule has 0 aliphatic carbocycles. The molecule has 108 valence electrons. The van der Waals surface area contributed by atoms with Gasteiger partial charge < -0.3 is 5.32 Å². The first-order chi connectivity index (χ1) is 10.1. The maximum absolute atomic E-state index is 11.9. The van der Waals surface area contributed by atoms with Gasteiger partial charge in [-0.3, -0.25) is 4.79 Å². The first kappa shape index (κ1) is 14.8. The van der Waals surface area contributed by atoms with E-state index >= 15 is 0 Å². The van der Waals surface area contributed by atoms with Gasteiger partial charge in [0.15, 0.2) is 0 Å². The third kappa shape index (κ3) is 3.69. The maximum atomic E-state index is 11.9. The third-order valence-corrected chi connectivity index (χ3v) is 2.95. The second-order valence-electron chi connectivity index (χ2n) is 4.73. The van der Waals surface area contributed by atoms with E-state index in [1.54, 1.807) is 6.08 Å². The van der Waals surface area contributed by atoms with Gasteiger partial charge in [0.2, 0.25) is 5.91 Å². The summed E-state index contributed by atoms with van der Waals surface area (Å²) in [6, 6.07) is 9.63. The molecule has 1 aromatic heterocycles. The van der Waals surface area contributed by atoms with Crippen LogP contribution in [-0.2, 0) is 4.79 Å². The molecule has 0 saturated carbocycles. The number of hydrogen-bond donors (Lipinski definition) is 1. The summed E-state index contributed by atoms with van der Waals surface area (Å²) < 4.78 is 1.83. The van der Waals surface area contributed by atoms with Crippen LogP contribution in [-0.4, -0.2) is 15.7 Å². The lowest BCUT2D eigenvalue weighted by molar-refractivity contribution is -0.111. The normalized spacial score (nSPS) is 11.4. The van der Waals surface area contributed by atoms with Crippen molar-refractivity contribution >= 4 is 11.6 Å². The van der Waals surface area contributed by atoms with Crippen LogP contribution in [0.1, 0.15) is 18.3 Å². The van der Waals surface area contributed by atoms with E-state index in [-0.39, 0.29) is 5.91 Å². The zero-order valence-electron chi connectivity index (χ0n) is 12.5. The first-order valence-electron chi connectivity index (χ1n) is 6.85. The van der Waals surface area contributed by atoms with Crippen LogP contribution in [0.15, 0.2) is 54.6 Å². The number of carbonyl (C=O) groups excluding carboxylic acids is 1. The Hall–Kier alpha value is -2.62. The molecule has 2 rings (SSSR count). The number of hydrogen-bond acceptors (Lipinski definition) is 2. The van der Waals surface area contributed by atoms with Gasteiger partial charge in [-0.25, -0.2) is 4.68 Å². The molecule has 4 heteroatoms. The van der Waals surface area contributed by atoms with Crippen LogP contribution in [0.25, 0.3) is 5.69 Å². The molecule has 4 nitrogen and oxygen atoms in total. The van der Waals surface area contributed by atoms with Crippen LogP contribution in [0.3, 0.4) is 0 Å². The second kappa shape index (κ2) is 6.70. The van der Waals surface area contributed by atoms with E-state index in [1.807, 2.05) is 67.9 Å². The van der Waals surface area contributed by atoms with Gasteiger partial charge in [0.1, 0.15) is 0 Å². The standard InChI is InChI=1S/C17H19N3O/c1-4-5-6-11-17(21)18-15-9-7-8-10-16(15)20-14(3)12-13(2)19-20/h4-12H,1-3H3,(H,18,21)/b5-4+,11-6+. The van der Waals surface area contributed by atoms with E-state index in [0.29, 0.717) is 0 Å². The first-order valence-corrected chi connectivity index (χ1v) is 6.85. The lowest BCUT2D eigenvalue weighted by atomic mass is 10.2. The van der Waals surface area contributed by atoms with Gasteiger partial charge in [-0.05, 0) is 39.0 Å². The van der Waals surface area contributed by atoms with Crippen LogP contribution in [0.4, 0.5) is 5.69 Å². The highest BCUT2D eigenvalue weighted by molar-refractivity contribution is 6.00. The average molecular weight is 281 g/mol. The minimum atomic E-state index is -0.165. The van der Waals surface area contributed by atoms with Gasteiger partial charge in [0.25, 0.3) is 0 Å². The van der Waals surface area contributed by atoms with Crippen LogP contribution in [0.5, 0.6) is 0 Å². The fraction of sp³-hybridized carbons (Fsp3) is 0.176. The molecule has 0 aliphatic rings. The summed E-state index contributed by atoms with van der Waals surface area (Å²) in [4.78, 5) is 11.9. The number of allylic oxidation sites excluding steroid dienone is 3. The number of para-hydroxylation sites is 2. The molecular weight excluding hydrogens is 262 g/mol. The van der Waals surface area contributed by atoms with Crippen molar-refractivity contribution in [2.75, 3.05) is 5.32 Å². The van der Waals surface area contributed by atoms with E-state index in [1.165, 1.54) is 6.08 Å². The number of aromatic nitrogens is 2. The van der Waals surface area contributed by atoms with Crippen molar-refractivity contribution in [2.45, 2.75) is 20.8 Å². The molecule has 0 radical (unpaired) electrons. The molecule has 21 heavy (non-hydrogen) atoms. The molecule has 1 amide bonds. The minimum absolute atomic E-state index is 0.165. The smallest absolute Gasteiger partial charge is 0.248 e. The van der Waals surface area contributed by atoms with Crippen LogP contribution in [0, 0.1) is 13.8 Å². The summed E-state index contributed by atoms with van der Waals surface area (Å²) in [5, 5.41) is 7.34. The molecule has 1 heterocycles. The Balaban J connectivity index is 2.29. The predicted octanol–water partition coefficient (Wildman–Crippen LogP) is 3.56. The van der Waals surface area contributed by atoms with Gasteiger partial charge in [-0.2, -0.15) is 5.10 Å². The number of carbonyl (C=O) groups is 1. The summed E-state index contributed by atoms with van der Waals surface area (Å²) in [7, 11) is 0.